The Morgan fingerprint density at radius 1 is 1.42 bits per heavy atom. The number of nitrogens with one attached hydrogen (secondary N) is 1. The molecule has 3 heteroatoms. The van der Waals surface area contributed by atoms with Gasteiger partial charge >= 0.3 is 0 Å². The van der Waals surface area contributed by atoms with E-state index in [0.717, 1.165) is 12.8 Å². The summed E-state index contributed by atoms with van der Waals surface area (Å²) in [6.07, 6.45) is 2.20. The maximum absolute atomic E-state index is 11.9. The van der Waals surface area contributed by atoms with Crippen molar-refractivity contribution >= 4 is 5.91 Å². The van der Waals surface area contributed by atoms with Crippen LogP contribution in [0.2, 0.25) is 0 Å². The molecule has 0 fully saturated rings. The zero-order valence-corrected chi connectivity index (χ0v) is 11.7. The lowest BCUT2D eigenvalue weighted by Gasteiger charge is -2.16. The van der Waals surface area contributed by atoms with Gasteiger partial charge in [-0.1, -0.05) is 38.1 Å². The molecular weight excluding hydrogens is 238 g/mol. The first-order valence-electron chi connectivity index (χ1n) is 7.10. The van der Waals surface area contributed by atoms with Crippen molar-refractivity contribution in [2.24, 2.45) is 5.92 Å². The van der Waals surface area contributed by atoms with Gasteiger partial charge in [-0.05, 0) is 35.8 Å². The van der Waals surface area contributed by atoms with Gasteiger partial charge in [-0.25, -0.2) is 0 Å². The first-order chi connectivity index (χ1) is 9.08. The maximum Gasteiger partial charge on any atom is 0.220 e. The Labute approximate surface area is 115 Å². The van der Waals surface area contributed by atoms with E-state index in [0.29, 0.717) is 18.9 Å². The topological polar surface area (TPSA) is 49.3 Å². The highest BCUT2D eigenvalue weighted by atomic mass is 16.3. The minimum Gasteiger partial charge on any atom is -0.391 e. The summed E-state index contributed by atoms with van der Waals surface area (Å²) in [5.74, 6) is 0.557. The van der Waals surface area contributed by atoms with Gasteiger partial charge < -0.3 is 10.4 Å². The van der Waals surface area contributed by atoms with Gasteiger partial charge in [-0.15, -0.1) is 0 Å². The Balaban J connectivity index is 1.84. The van der Waals surface area contributed by atoms with Crippen LogP contribution >= 0.6 is 0 Å². The summed E-state index contributed by atoms with van der Waals surface area (Å²) < 4.78 is 0. The SMILES string of the molecule is CC(C)C(O)CNC(=O)CC1CCc2ccccc21. The zero-order valence-electron chi connectivity index (χ0n) is 11.7. The molecule has 0 aromatic heterocycles. The number of carbonyl (C=O) groups excluding carboxylic acids is 1. The van der Waals surface area contributed by atoms with Gasteiger partial charge in [0.25, 0.3) is 0 Å². The molecule has 0 spiro atoms. The third kappa shape index (κ3) is 3.57. The van der Waals surface area contributed by atoms with Crippen molar-refractivity contribution in [1.29, 1.82) is 0 Å². The summed E-state index contributed by atoms with van der Waals surface area (Å²) in [6.45, 7) is 4.25. The van der Waals surface area contributed by atoms with Crippen LogP contribution in [0.3, 0.4) is 0 Å². The number of aliphatic hydroxyl groups is 1. The number of hydrogen-bond donors (Lipinski definition) is 2. The van der Waals surface area contributed by atoms with Crippen molar-refractivity contribution in [3.63, 3.8) is 0 Å². The lowest BCUT2D eigenvalue weighted by atomic mass is 9.97. The van der Waals surface area contributed by atoms with E-state index in [1.807, 2.05) is 19.9 Å². The van der Waals surface area contributed by atoms with Gasteiger partial charge in [-0.3, -0.25) is 4.79 Å². The molecule has 0 aliphatic heterocycles. The van der Waals surface area contributed by atoms with Gasteiger partial charge in [0, 0.05) is 13.0 Å². The highest BCUT2D eigenvalue weighted by molar-refractivity contribution is 5.77. The second kappa shape index (κ2) is 6.20. The van der Waals surface area contributed by atoms with Crippen molar-refractivity contribution in [3.8, 4) is 0 Å². The van der Waals surface area contributed by atoms with E-state index in [2.05, 4.69) is 23.5 Å². The molecule has 0 saturated carbocycles. The molecule has 2 atom stereocenters. The molecular formula is C16H23NO2. The Morgan fingerprint density at radius 3 is 2.89 bits per heavy atom. The molecule has 1 aromatic carbocycles. The molecule has 19 heavy (non-hydrogen) atoms. The fraction of sp³-hybridized carbons (Fsp3) is 0.562. The molecule has 1 aliphatic carbocycles. The van der Waals surface area contributed by atoms with Crippen LogP contribution in [0.15, 0.2) is 24.3 Å². The van der Waals surface area contributed by atoms with Crippen molar-refractivity contribution in [2.45, 2.75) is 45.1 Å². The highest BCUT2D eigenvalue weighted by Gasteiger charge is 2.24. The van der Waals surface area contributed by atoms with Gasteiger partial charge in [0.1, 0.15) is 0 Å². The van der Waals surface area contributed by atoms with Crippen LogP contribution in [0, 0.1) is 5.92 Å². The molecule has 1 aliphatic rings. The third-order valence-electron chi connectivity index (χ3n) is 3.97. The van der Waals surface area contributed by atoms with Crippen LogP contribution < -0.4 is 5.32 Å². The summed E-state index contributed by atoms with van der Waals surface area (Å²) in [5, 5.41) is 12.5. The Morgan fingerprint density at radius 2 is 2.16 bits per heavy atom. The molecule has 0 heterocycles. The Bertz CT molecular complexity index is 442. The molecule has 0 radical (unpaired) electrons. The molecule has 2 unspecified atom stereocenters. The predicted molar refractivity (Wildman–Crippen MR) is 76.0 cm³/mol. The molecule has 2 rings (SSSR count). The fourth-order valence-electron chi connectivity index (χ4n) is 2.61. The lowest BCUT2D eigenvalue weighted by Crippen LogP contribution is -2.35. The van der Waals surface area contributed by atoms with Crippen LogP contribution in [0.1, 0.15) is 43.7 Å². The molecule has 1 aromatic rings. The summed E-state index contributed by atoms with van der Waals surface area (Å²) in [5.41, 5.74) is 2.70. The van der Waals surface area contributed by atoms with Crippen LogP contribution in [0.5, 0.6) is 0 Å². The largest absolute Gasteiger partial charge is 0.391 e. The number of aryl methyl sites for hydroxylation is 1. The second-order valence-electron chi connectivity index (χ2n) is 5.75. The number of fused-ring (bicyclic) bond motifs is 1. The fourth-order valence-corrected chi connectivity index (χ4v) is 2.61. The maximum atomic E-state index is 11.9. The van der Waals surface area contributed by atoms with E-state index in [1.54, 1.807) is 0 Å². The normalized spacial score (nSPS) is 19.3. The lowest BCUT2D eigenvalue weighted by molar-refractivity contribution is -0.122. The van der Waals surface area contributed by atoms with Crippen LogP contribution in [-0.2, 0) is 11.2 Å². The Kier molecular flexibility index (Phi) is 4.59. The summed E-state index contributed by atoms with van der Waals surface area (Å²) in [4.78, 5) is 11.9. The van der Waals surface area contributed by atoms with Gasteiger partial charge in [0.2, 0.25) is 5.91 Å². The molecule has 0 saturated heterocycles. The number of hydrogen-bond acceptors (Lipinski definition) is 2. The molecule has 1 amide bonds. The average Bonchev–Trinajstić information content (AvgIpc) is 2.79. The predicted octanol–water partition coefficient (Wildman–Crippen LogP) is 2.24. The van der Waals surface area contributed by atoms with Crippen molar-refractivity contribution in [2.75, 3.05) is 6.54 Å². The standard InChI is InChI=1S/C16H23NO2/c1-11(2)15(18)10-17-16(19)9-13-8-7-12-5-3-4-6-14(12)13/h3-6,11,13,15,18H,7-10H2,1-2H3,(H,17,19). The number of amides is 1. The van der Waals surface area contributed by atoms with Crippen LogP contribution in [0.25, 0.3) is 0 Å². The highest BCUT2D eigenvalue weighted by Crippen LogP contribution is 2.34. The van der Waals surface area contributed by atoms with E-state index in [1.165, 1.54) is 11.1 Å². The Hall–Kier alpha value is -1.35. The molecule has 3 nitrogen and oxygen atoms in total. The first-order valence-corrected chi connectivity index (χ1v) is 7.10. The van der Waals surface area contributed by atoms with Gasteiger partial charge in [0.15, 0.2) is 0 Å². The van der Waals surface area contributed by atoms with E-state index in [-0.39, 0.29) is 11.8 Å². The van der Waals surface area contributed by atoms with Crippen LogP contribution in [-0.4, -0.2) is 23.7 Å². The first kappa shape index (κ1) is 14.1. The quantitative estimate of drug-likeness (QED) is 0.854. The number of rotatable bonds is 5. The van der Waals surface area contributed by atoms with E-state index in [9.17, 15) is 9.90 Å². The van der Waals surface area contributed by atoms with Crippen molar-refractivity contribution in [1.82, 2.24) is 5.32 Å². The summed E-state index contributed by atoms with van der Waals surface area (Å²) in [7, 11) is 0. The smallest absolute Gasteiger partial charge is 0.220 e. The summed E-state index contributed by atoms with van der Waals surface area (Å²) >= 11 is 0. The molecule has 104 valence electrons. The second-order valence-corrected chi connectivity index (χ2v) is 5.75. The van der Waals surface area contributed by atoms with E-state index < -0.39 is 6.10 Å². The van der Waals surface area contributed by atoms with Crippen molar-refractivity contribution < 1.29 is 9.90 Å². The average molecular weight is 261 g/mol. The number of carbonyl (C=O) groups is 1. The zero-order chi connectivity index (χ0) is 13.8. The molecule has 2 N–H and O–H groups in total. The van der Waals surface area contributed by atoms with Gasteiger partial charge in [-0.2, -0.15) is 0 Å². The monoisotopic (exact) mass is 261 g/mol. The summed E-state index contributed by atoms with van der Waals surface area (Å²) in [6, 6.07) is 8.37. The number of benzene rings is 1. The van der Waals surface area contributed by atoms with Gasteiger partial charge in [0.05, 0.1) is 6.10 Å². The minimum atomic E-state index is -0.459. The van der Waals surface area contributed by atoms with Crippen molar-refractivity contribution in [3.05, 3.63) is 35.4 Å². The van der Waals surface area contributed by atoms with E-state index in [4.69, 9.17) is 0 Å². The van der Waals surface area contributed by atoms with Crippen LogP contribution in [0.4, 0.5) is 0 Å². The minimum absolute atomic E-state index is 0.0430. The van der Waals surface area contributed by atoms with E-state index >= 15 is 0 Å². The third-order valence-corrected chi connectivity index (χ3v) is 3.97. The number of aliphatic hydroxyl groups excluding tert-OH is 1. The molecule has 0 bridgehead atoms.